The standard InChI is InChI=1S/C22H22N2O3S/c1-28(26,27)16-11-9-15(10-12-16)21-14-18(17-6-2-3-7-19(17)24-21)22(25)20-8-4-5-13-23-20/h2-4,6-12,14,20,22-23,25H,5,13H2,1H3/t20-,22-/m1/s1. The Bertz CT molecular complexity index is 1140. The second-order valence-corrected chi connectivity index (χ2v) is 9.07. The number of fused-ring (bicyclic) bond motifs is 1. The Morgan fingerprint density at radius 2 is 1.89 bits per heavy atom. The quantitative estimate of drug-likeness (QED) is 0.664. The molecule has 0 bridgehead atoms. The Balaban J connectivity index is 1.82. The fourth-order valence-corrected chi connectivity index (χ4v) is 4.15. The third-order valence-corrected chi connectivity index (χ3v) is 6.15. The highest BCUT2D eigenvalue weighted by atomic mass is 32.2. The molecule has 0 saturated carbocycles. The lowest BCUT2D eigenvalue weighted by Gasteiger charge is -2.25. The van der Waals surface area contributed by atoms with Gasteiger partial charge in [0.15, 0.2) is 9.84 Å². The van der Waals surface area contributed by atoms with Crippen molar-refractivity contribution < 1.29 is 13.5 Å². The zero-order valence-corrected chi connectivity index (χ0v) is 16.4. The molecular weight excluding hydrogens is 372 g/mol. The molecule has 2 atom stereocenters. The topological polar surface area (TPSA) is 79.3 Å². The maximum atomic E-state index is 11.7. The predicted octanol–water partition coefficient (Wildman–Crippen LogP) is 3.26. The van der Waals surface area contributed by atoms with Gasteiger partial charge < -0.3 is 10.4 Å². The monoisotopic (exact) mass is 394 g/mol. The average molecular weight is 394 g/mol. The Kier molecular flexibility index (Phi) is 5.02. The number of rotatable bonds is 4. The summed E-state index contributed by atoms with van der Waals surface area (Å²) in [5, 5.41) is 15.3. The highest BCUT2D eigenvalue weighted by Gasteiger charge is 2.22. The van der Waals surface area contributed by atoms with E-state index in [2.05, 4.69) is 11.4 Å². The van der Waals surface area contributed by atoms with Crippen LogP contribution in [-0.2, 0) is 9.84 Å². The smallest absolute Gasteiger partial charge is 0.175 e. The molecule has 144 valence electrons. The van der Waals surface area contributed by atoms with Crippen molar-refractivity contribution in [2.75, 3.05) is 12.8 Å². The van der Waals surface area contributed by atoms with Gasteiger partial charge in [0.1, 0.15) is 0 Å². The zero-order valence-electron chi connectivity index (χ0n) is 15.5. The molecule has 0 spiro atoms. The highest BCUT2D eigenvalue weighted by molar-refractivity contribution is 7.90. The fourth-order valence-electron chi connectivity index (χ4n) is 3.52. The van der Waals surface area contributed by atoms with Crippen molar-refractivity contribution in [2.24, 2.45) is 0 Å². The maximum absolute atomic E-state index is 11.7. The van der Waals surface area contributed by atoms with Crippen molar-refractivity contribution in [1.82, 2.24) is 10.3 Å². The molecule has 1 aromatic heterocycles. The summed E-state index contributed by atoms with van der Waals surface area (Å²) in [5.41, 5.74) is 3.10. The van der Waals surface area contributed by atoms with Gasteiger partial charge in [-0.25, -0.2) is 13.4 Å². The van der Waals surface area contributed by atoms with Gasteiger partial charge in [-0.05, 0) is 42.8 Å². The molecule has 2 aromatic carbocycles. The molecule has 2 N–H and O–H groups in total. The molecule has 4 rings (SSSR count). The van der Waals surface area contributed by atoms with Crippen LogP contribution < -0.4 is 5.32 Å². The van der Waals surface area contributed by atoms with Gasteiger partial charge in [0.2, 0.25) is 0 Å². The van der Waals surface area contributed by atoms with Crippen molar-refractivity contribution in [3.8, 4) is 11.3 Å². The minimum absolute atomic E-state index is 0.153. The number of benzene rings is 2. The summed E-state index contributed by atoms with van der Waals surface area (Å²) in [6, 6.07) is 16.2. The molecular formula is C22H22N2O3S. The van der Waals surface area contributed by atoms with Crippen molar-refractivity contribution in [2.45, 2.75) is 23.5 Å². The molecule has 0 fully saturated rings. The van der Waals surface area contributed by atoms with E-state index in [4.69, 9.17) is 4.98 Å². The van der Waals surface area contributed by atoms with E-state index in [9.17, 15) is 13.5 Å². The first kappa shape index (κ1) is 18.8. The molecule has 1 aliphatic rings. The summed E-state index contributed by atoms with van der Waals surface area (Å²) >= 11 is 0. The van der Waals surface area contributed by atoms with E-state index in [1.807, 2.05) is 36.4 Å². The Labute approximate surface area is 164 Å². The number of hydrogen-bond donors (Lipinski definition) is 2. The summed E-state index contributed by atoms with van der Waals surface area (Å²) < 4.78 is 23.4. The first-order chi connectivity index (χ1) is 13.4. The number of aliphatic hydroxyl groups excluding tert-OH is 1. The van der Waals surface area contributed by atoms with Crippen LogP contribution in [0.2, 0.25) is 0 Å². The van der Waals surface area contributed by atoms with Gasteiger partial charge in [-0.2, -0.15) is 0 Å². The summed E-state index contributed by atoms with van der Waals surface area (Å²) in [6.07, 6.45) is 5.52. The van der Waals surface area contributed by atoms with Crippen LogP contribution >= 0.6 is 0 Å². The van der Waals surface area contributed by atoms with Gasteiger partial charge >= 0.3 is 0 Å². The summed E-state index contributed by atoms with van der Waals surface area (Å²) in [6.45, 7) is 0.834. The molecule has 2 heterocycles. The molecule has 5 nitrogen and oxygen atoms in total. The number of aromatic nitrogens is 1. The van der Waals surface area contributed by atoms with E-state index < -0.39 is 15.9 Å². The molecule has 0 aliphatic carbocycles. The van der Waals surface area contributed by atoms with Crippen LogP contribution in [0.5, 0.6) is 0 Å². The summed E-state index contributed by atoms with van der Waals surface area (Å²) in [5.74, 6) is 0. The summed E-state index contributed by atoms with van der Waals surface area (Å²) in [7, 11) is -3.25. The molecule has 0 radical (unpaired) electrons. The number of sulfone groups is 1. The average Bonchev–Trinajstić information content (AvgIpc) is 2.72. The molecule has 28 heavy (non-hydrogen) atoms. The van der Waals surface area contributed by atoms with E-state index in [0.29, 0.717) is 5.69 Å². The van der Waals surface area contributed by atoms with Crippen molar-refractivity contribution in [3.05, 3.63) is 72.3 Å². The van der Waals surface area contributed by atoms with E-state index in [-0.39, 0.29) is 10.9 Å². The Hall–Kier alpha value is -2.54. The lowest BCUT2D eigenvalue weighted by Crippen LogP contribution is -2.36. The van der Waals surface area contributed by atoms with Crippen molar-refractivity contribution in [3.63, 3.8) is 0 Å². The van der Waals surface area contributed by atoms with E-state index in [0.717, 1.165) is 35.0 Å². The number of nitrogens with zero attached hydrogens (tertiary/aromatic N) is 1. The second kappa shape index (κ2) is 7.47. The molecule has 1 aliphatic heterocycles. The van der Waals surface area contributed by atoms with E-state index in [1.165, 1.54) is 6.26 Å². The van der Waals surface area contributed by atoms with Gasteiger partial charge in [-0.15, -0.1) is 0 Å². The van der Waals surface area contributed by atoms with Crippen molar-refractivity contribution >= 4 is 20.7 Å². The Morgan fingerprint density at radius 1 is 1.14 bits per heavy atom. The Morgan fingerprint density at radius 3 is 2.57 bits per heavy atom. The highest BCUT2D eigenvalue weighted by Crippen LogP contribution is 2.31. The van der Waals surface area contributed by atoms with Crippen LogP contribution in [0.25, 0.3) is 22.2 Å². The molecule has 0 saturated heterocycles. The van der Waals surface area contributed by atoms with Crippen LogP contribution in [0.3, 0.4) is 0 Å². The first-order valence-electron chi connectivity index (χ1n) is 9.22. The maximum Gasteiger partial charge on any atom is 0.175 e. The number of aliphatic hydroxyl groups is 1. The number of pyridine rings is 1. The second-order valence-electron chi connectivity index (χ2n) is 7.05. The third kappa shape index (κ3) is 3.71. The SMILES string of the molecule is CS(=O)(=O)c1ccc(-c2cc([C@@H](O)[C@H]3C=CCCN3)c3ccccc3n2)cc1. The van der Waals surface area contributed by atoms with Crippen LogP contribution in [0.15, 0.2) is 71.6 Å². The van der Waals surface area contributed by atoms with Crippen molar-refractivity contribution in [1.29, 1.82) is 0 Å². The number of para-hydroxylation sites is 1. The van der Waals surface area contributed by atoms with Crippen LogP contribution in [-0.4, -0.2) is 37.4 Å². The number of hydrogen-bond acceptors (Lipinski definition) is 5. The van der Waals surface area contributed by atoms with Gasteiger partial charge in [-0.1, -0.05) is 42.5 Å². The van der Waals surface area contributed by atoms with Crippen LogP contribution in [0.1, 0.15) is 18.1 Å². The van der Waals surface area contributed by atoms with Gasteiger partial charge in [0, 0.05) is 17.2 Å². The van der Waals surface area contributed by atoms with Crippen LogP contribution in [0, 0.1) is 0 Å². The summed E-state index contributed by atoms with van der Waals surface area (Å²) in [4.78, 5) is 5.00. The molecule has 6 heteroatoms. The van der Waals surface area contributed by atoms with Gasteiger partial charge in [0.05, 0.1) is 28.3 Å². The van der Waals surface area contributed by atoms with Gasteiger partial charge in [-0.3, -0.25) is 0 Å². The predicted molar refractivity (Wildman–Crippen MR) is 111 cm³/mol. The van der Waals surface area contributed by atoms with E-state index >= 15 is 0 Å². The fraction of sp³-hybridized carbons (Fsp3) is 0.227. The largest absolute Gasteiger partial charge is 0.386 e. The molecule has 0 unspecified atom stereocenters. The first-order valence-corrected chi connectivity index (χ1v) is 11.1. The van der Waals surface area contributed by atoms with E-state index in [1.54, 1.807) is 24.3 Å². The molecule has 3 aromatic rings. The number of nitrogens with one attached hydrogen (secondary N) is 1. The van der Waals surface area contributed by atoms with Crippen LogP contribution in [0.4, 0.5) is 0 Å². The lowest BCUT2D eigenvalue weighted by atomic mass is 9.95. The zero-order chi connectivity index (χ0) is 19.7. The minimum atomic E-state index is -3.25. The minimum Gasteiger partial charge on any atom is -0.386 e. The lowest BCUT2D eigenvalue weighted by molar-refractivity contribution is 0.147. The van der Waals surface area contributed by atoms with Gasteiger partial charge in [0.25, 0.3) is 0 Å². The third-order valence-electron chi connectivity index (χ3n) is 5.02. The molecule has 0 amide bonds. The normalized spacial score (nSPS) is 18.3.